The van der Waals surface area contributed by atoms with Gasteiger partial charge in [0.1, 0.15) is 6.26 Å². The van der Waals surface area contributed by atoms with Crippen LogP contribution in [0.4, 0.5) is 0 Å². The van der Waals surface area contributed by atoms with Gasteiger partial charge in [-0.1, -0.05) is 15.9 Å². The number of aryl methyl sites for hydroxylation is 1. The van der Waals surface area contributed by atoms with Crippen LogP contribution in [-0.4, -0.2) is 12.2 Å². The van der Waals surface area contributed by atoms with Crippen molar-refractivity contribution in [3.05, 3.63) is 40.1 Å². The molecule has 3 heteroatoms. The molecule has 1 N–H and O–H groups in total. The molecule has 0 aliphatic carbocycles. The van der Waals surface area contributed by atoms with Crippen molar-refractivity contribution in [2.24, 2.45) is 0 Å². The Hall–Kier alpha value is -0.960. The molecule has 0 fully saturated rings. The molecule has 0 bridgehead atoms. The highest BCUT2D eigenvalue weighted by molar-refractivity contribution is 9.10. The summed E-state index contributed by atoms with van der Waals surface area (Å²) >= 11 is 3.37. The fourth-order valence-corrected chi connectivity index (χ4v) is 1.61. The standard InChI is InChI=1S/C10H11BrO2/c1-7-5-8(11)3-4-9(7)10(6-12)13-2/h3-6,12H,1-2H3/b10-6+. The molecule has 0 unspecified atom stereocenters. The van der Waals surface area contributed by atoms with Crippen molar-refractivity contribution in [3.63, 3.8) is 0 Å². The lowest BCUT2D eigenvalue weighted by atomic mass is 10.1. The van der Waals surface area contributed by atoms with Gasteiger partial charge in [0.15, 0.2) is 5.76 Å². The summed E-state index contributed by atoms with van der Waals surface area (Å²) in [5.74, 6) is 0.477. The highest BCUT2D eigenvalue weighted by Crippen LogP contribution is 2.22. The van der Waals surface area contributed by atoms with Crippen LogP contribution in [0, 0.1) is 6.92 Å². The maximum Gasteiger partial charge on any atom is 0.160 e. The van der Waals surface area contributed by atoms with Crippen LogP contribution in [-0.2, 0) is 4.74 Å². The summed E-state index contributed by atoms with van der Waals surface area (Å²) in [7, 11) is 1.53. The van der Waals surface area contributed by atoms with Crippen LogP contribution in [0.15, 0.2) is 28.9 Å². The SMILES string of the molecule is CO/C(=C/O)c1ccc(Br)cc1C. The molecule has 0 saturated carbocycles. The molecule has 0 atom stereocenters. The molecule has 2 nitrogen and oxygen atoms in total. The molecule has 0 aliphatic heterocycles. The van der Waals surface area contributed by atoms with Gasteiger partial charge in [-0.25, -0.2) is 0 Å². The van der Waals surface area contributed by atoms with Crippen molar-refractivity contribution in [1.29, 1.82) is 0 Å². The maximum absolute atomic E-state index is 8.87. The number of rotatable bonds is 2. The zero-order chi connectivity index (χ0) is 9.84. The number of methoxy groups -OCH3 is 1. The van der Waals surface area contributed by atoms with Crippen molar-refractivity contribution in [1.82, 2.24) is 0 Å². The minimum atomic E-state index is 0.477. The number of benzene rings is 1. The lowest BCUT2D eigenvalue weighted by molar-refractivity contribution is 0.348. The zero-order valence-corrected chi connectivity index (χ0v) is 9.13. The third-order valence-corrected chi connectivity index (χ3v) is 2.28. The summed E-state index contributed by atoms with van der Waals surface area (Å²) in [5, 5.41) is 8.87. The molecule has 0 aromatic heterocycles. The van der Waals surface area contributed by atoms with E-state index in [-0.39, 0.29) is 0 Å². The van der Waals surface area contributed by atoms with Gasteiger partial charge in [-0.05, 0) is 30.7 Å². The van der Waals surface area contributed by atoms with E-state index in [9.17, 15) is 0 Å². The third-order valence-electron chi connectivity index (χ3n) is 1.79. The summed E-state index contributed by atoms with van der Waals surface area (Å²) in [6, 6.07) is 5.77. The fraction of sp³-hybridized carbons (Fsp3) is 0.200. The Kier molecular flexibility index (Phi) is 3.37. The number of halogens is 1. The van der Waals surface area contributed by atoms with Crippen molar-refractivity contribution < 1.29 is 9.84 Å². The van der Waals surface area contributed by atoms with Gasteiger partial charge >= 0.3 is 0 Å². The van der Waals surface area contributed by atoms with Gasteiger partial charge in [0.2, 0.25) is 0 Å². The minimum Gasteiger partial charge on any atom is -0.512 e. The first-order chi connectivity index (χ1) is 6.19. The Morgan fingerprint density at radius 1 is 1.54 bits per heavy atom. The number of hydrogen-bond acceptors (Lipinski definition) is 2. The summed E-state index contributed by atoms with van der Waals surface area (Å²) in [6.45, 7) is 1.96. The van der Waals surface area contributed by atoms with E-state index in [0.29, 0.717) is 5.76 Å². The quantitative estimate of drug-likeness (QED) is 0.808. The van der Waals surface area contributed by atoms with Gasteiger partial charge in [-0.2, -0.15) is 0 Å². The molecule has 0 spiro atoms. The Morgan fingerprint density at radius 2 is 2.23 bits per heavy atom. The Bertz CT molecular complexity index is 332. The molecule has 0 aliphatic rings. The monoisotopic (exact) mass is 242 g/mol. The molecule has 0 heterocycles. The smallest absolute Gasteiger partial charge is 0.160 e. The van der Waals surface area contributed by atoms with Crippen molar-refractivity contribution in [2.75, 3.05) is 7.11 Å². The number of aliphatic hydroxyl groups excluding tert-OH is 1. The van der Waals surface area contributed by atoms with E-state index in [1.54, 1.807) is 0 Å². The van der Waals surface area contributed by atoms with E-state index >= 15 is 0 Å². The van der Waals surface area contributed by atoms with Gasteiger partial charge in [-0.3, -0.25) is 0 Å². The Labute approximate surface area is 86.0 Å². The second-order valence-corrected chi connectivity index (χ2v) is 3.57. The average molecular weight is 243 g/mol. The van der Waals surface area contributed by atoms with E-state index in [4.69, 9.17) is 9.84 Å². The van der Waals surface area contributed by atoms with Crippen molar-refractivity contribution in [2.45, 2.75) is 6.92 Å². The van der Waals surface area contributed by atoms with E-state index < -0.39 is 0 Å². The highest BCUT2D eigenvalue weighted by Gasteiger charge is 2.04. The molecule has 1 aromatic carbocycles. The van der Waals surface area contributed by atoms with E-state index in [0.717, 1.165) is 21.9 Å². The normalized spacial score (nSPS) is 11.5. The van der Waals surface area contributed by atoms with Gasteiger partial charge in [0.25, 0.3) is 0 Å². The fourth-order valence-electron chi connectivity index (χ4n) is 1.14. The first-order valence-electron chi connectivity index (χ1n) is 3.84. The number of aliphatic hydroxyl groups is 1. The predicted octanol–water partition coefficient (Wildman–Crippen LogP) is 3.26. The number of hydrogen-bond donors (Lipinski definition) is 1. The summed E-state index contributed by atoms with van der Waals surface area (Å²) in [5.41, 5.74) is 1.95. The first-order valence-corrected chi connectivity index (χ1v) is 4.63. The molecule has 1 aromatic rings. The molecule has 0 radical (unpaired) electrons. The second kappa shape index (κ2) is 4.33. The van der Waals surface area contributed by atoms with E-state index in [2.05, 4.69) is 15.9 Å². The van der Waals surface area contributed by atoms with Crippen LogP contribution in [0.25, 0.3) is 5.76 Å². The van der Waals surface area contributed by atoms with Gasteiger partial charge in [0.05, 0.1) is 7.11 Å². The van der Waals surface area contributed by atoms with E-state index in [1.165, 1.54) is 7.11 Å². The van der Waals surface area contributed by atoms with Gasteiger partial charge < -0.3 is 9.84 Å². The number of ether oxygens (including phenoxy) is 1. The molecule has 13 heavy (non-hydrogen) atoms. The van der Waals surface area contributed by atoms with Gasteiger partial charge in [-0.15, -0.1) is 0 Å². The summed E-state index contributed by atoms with van der Waals surface area (Å²) in [6.07, 6.45) is 0.968. The molecule has 0 amide bonds. The van der Waals surface area contributed by atoms with Crippen LogP contribution >= 0.6 is 15.9 Å². The average Bonchev–Trinajstić information content (AvgIpc) is 2.10. The predicted molar refractivity (Wildman–Crippen MR) is 56.5 cm³/mol. The van der Waals surface area contributed by atoms with E-state index in [1.807, 2.05) is 25.1 Å². The molecule has 70 valence electrons. The van der Waals surface area contributed by atoms with Crippen LogP contribution < -0.4 is 0 Å². The van der Waals surface area contributed by atoms with Crippen molar-refractivity contribution in [3.8, 4) is 0 Å². The highest BCUT2D eigenvalue weighted by atomic mass is 79.9. The van der Waals surface area contributed by atoms with Crippen LogP contribution in [0.3, 0.4) is 0 Å². The Balaban J connectivity index is 3.15. The second-order valence-electron chi connectivity index (χ2n) is 2.66. The third kappa shape index (κ3) is 2.25. The zero-order valence-electron chi connectivity index (χ0n) is 7.54. The molecule has 1 rings (SSSR count). The summed E-state index contributed by atoms with van der Waals surface area (Å²) in [4.78, 5) is 0. The maximum atomic E-state index is 8.87. The van der Waals surface area contributed by atoms with Crippen LogP contribution in [0.5, 0.6) is 0 Å². The van der Waals surface area contributed by atoms with Gasteiger partial charge in [0, 0.05) is 10.0 Å². The summed E-state index contributed by atoms with van der Waals surface area (Å²) < 4.78 is 6.02. The Morgan fingerprint density at radius 3 is 2.69 bits per heavy atom. The van der Waals surface area contributed by atoms with Crippen LogP contribution in [0.2, 0.25) is 0 Å². The van der Waals surface area contributed by atoms with Crippen LogP contribution in [0.1, 0.15) is 11.1 Å². The minimum absolute atomic E-state index is 0.477. The lowest BCUT2D eigenvalue weighted by Crippen LogP contribution is -1.91. The molecule has 0 saturated heterocycles. The lowest BCUT2D eigenvalue weighted by Gasteiger charge is -2.07. The molecular formula is C10H11BrO2. The largest absolute Gasteiger partial charge is 0.512 e. The first kappa shape index (κ1) is 10.1. The van der Waals surface area contributed by atoms with Crippen molar-refractivity contribution >= 4 is 21.7 Å². The topological polar surface area (TPSA) is 29.5 Å². The molecular weight excluding hydrogens is 232 g/mol.